The van der Waals surface area contributed by atoms with Crippen molar-refractivity contribution in [3.63, 3.8) is 0 Å². The smallest absolute Gasteiger partial charge is 0.151 e. The first-order valence-electron chi connectivity index (χ1n) is 8.22. The van der Waals surface area contributed by atoms with E-state index in [-0.39, 0.29) is 0 Å². The second-order valence-electron chi connectivity index (χ2n) is 6.20. The minimum absolute atomic E-state index is 0.840. The molecule has 4 aromatic rings. The van der Waals surface area contributed by atoms with Gasteiger partial charge in [0.1, 0.15) is 11.5 Å². The van der Waals surface area contributed by atoms with Crippen LogP contribution in [0, 0.1) is 6.92 Å². The summed E-state index contributed by atoms with van der Waals surface area (Å²) in [7, 11) is 7.19. The zero-order valence-electron chi connectivity index (χ0n) is 15.1. The quantitative estimate of drug-likeness (QED) is 0.538. The molecule has 0 saturated heterocycles. The molecule has 0 aliphatic rings. The molecule has 0 N–H and O–H groups in total. The predicted octanol–water partition coefficient (Wildman–Crippen LogP) is 4.82. The maximum atomic E-state index is 5.88. The molecule has 1 heterocycles. The van der Waals surface area contributed by atoms with E-state index in [1.54, 1.807) is 21.3 Å². The Morgan fingerprint density at radius 2 is 1.36 bits per heavy atom. The number of aryl methyl sites for hydroxylation is 2. The Hall–Kier alpha value is -2.88. The van der Waals surface area contributed by atoms with Crippen LogP contribution < -0.4 is 14.2 Å². The fraction of sp³-hybridized carbons (Fsp3) is 0.238. The number of benzene rings is 3. The first-order valence-corrected chi connectivity index (χ1v) is 8.22. The van der Waals surface area contributed by atoms with Crippen molar-refractivity contribution in [2.45, 2.75) is 6.92 Å². The second-order valence-corrected chi connectivity index (χ2v) is 6.20. The van der Waals surface area contributed by atoms with E-state index < -0.39 is 0 Å². The number of hydrogen-bond acceptors (Lipinski definition) is 3. The summed E-state index contributed by atoms with van der Waals surface area (Å²) in [4.78, 5) is 0. The van der Waals surface area contributed by atoms with E-state index in [2.05, 4.69) is 29.7 Å². The minimum atomic E-state index is 0.840. The van der Waals surface area contributed by atoms with Crippen LogP contribution in [0.5, 0.6) is 17.2 Å². The average molecular weight is 335 g/mol. The van der Waals surface area contributed by atoms with Gasteiger partial charge in [0.2, 0.25) is 0 Å². The van der Waals surface area contributed by atoms with E-state index >= 15 is 0 Å². The van der Waals surface area contributed by atoms with E-state index in [1.165, 1.54) is 5.56 Å². The molecule has 0 bridgehead atoms. The summed E-state index contributed by atoms with van der Waals surface area (Å²) in [5.74, 6) is 2.56. The normalized spacial score (nSPS) is 11.4. The van der Waals surface area contributed by atoms with Gasteiger partial charge in [-0.1, -0.05) is 30.3 Å². The molecule has 3 aromatic carbocycles. The van der Waals surface area contributed by atoms with Crippen LogP contribution in [0.15, 0.2) is 36.4 Å². The Labute approximate surface area is 146 Å². The van der Waals surface area contributed by atoms with Crippen molar-refractivity contribution in [1.82, 2.24) is 4.57 Å². The highest BCUT2D eigenvalue weighted by molar-refractivity contribution is 6.22. The highest BCUT2D eigenvalue weighted by Gasteiger charge is 2.24. The Balaban J connectivity index is 2.43. The van der Waals surface area contributed by atoms with Gasteiger partial charge in [-0.15, -0.1) is 0 Å². The molecule has 4 nitrogen and oxygen atoms in total. The van der Waals surface area contributed by atoms with Crippen LogP contribution in [-0.4, -0.2) is 25.9 Å². The first-order chi connectivity index (χ1) is 12.1. The lowest BCUT2D eigenvalue weighted by atomic mass is 10.0. The lowest BCUT2D eigenvalue weighted by Crippen LogP contribution is -1.96. The van der Waals surface area contributed by atoms with E-state index in [4.69, 9.17) is 14.2 Å². The molecule has 25 heavy (non-hydrogen) atoms. The van der Waals surface area contributed by atoms with Gasteiger partial charge in [0.15, 0.2) is 5.75 Å². The summed E-state index contributed by atoms with van der Waals surface area (Å²) >= 11 is 0. The van der Waals surface area contributed by atoms with Gasteiger partial charge in [-0.25, -0.2) is 0 Å². The summed E-state index contributed by atoms with van der Waals surface area (Å²) in [5, 5.41) is 4.28. The molecule has 0 fully saturated rings. The number of nitrogens with zero attached hydrogens (tertiary/aromatic N) is 1. The number of aromatic nitrogens is 1. The fourth-order valence-corrected chi connectivity index (χ4v) is 3.93. The molecule has 0 atom stereocenters. The molecule has 0 spiro atoms. The SMILES string of the molecule is COc1c2ccccc2c(OC)c2c1c1c(C)ccc(OC)c1n2C. The first kappa shape index (κ1) is 15.6. The standard InChI is InChI=1S/C21H21NO3/c1-12-10-11-15(23-3)18-16(12)17-19(22(18)2)21(25-5)14-9-7-6-8-13(14)20(17)24-4/h6-11H,1-5H3. The highest BCUT2D eigenvalue weighted by Crippen LogP contribution is 2.48. The van der Waals surface area contributed by atoms with E-state index in [1.807, 2.05) is 25.2 Å². The third kappa shape index (κ3) is 1.94. The molecule has 1 aromatic heterocycles. The molecule has 4 heteroatoms. The Morgan fingerprint density at radius 1 is 0.720 bits per heavy atom. The van der Waals surface area contributed by atoms with Gasteiger partial charge in [0, 0.05) is 23.2 Å². The van der Waals surface area contributed by atoms with Crippen molar-refractivity contribution in [2.75, 3.05) is 21.3 Å². The second kappa shape index (κ2) is 5.59. The lowest BCUT2D eigenvalue weighted by molar-refractivity contribution is 0.415. The molecule has 0 aliphatic heterocycles. The zero-order chi connectivity index (χ0) is 17.7. The minimum Gasteiger partial charge on any atom is -0.495 e. The van der Waals surface area contributed by atoms with Crippen molar-refractivity contribution < 1.29 is 14.2 Å². The van der Waals surface area contributed by atoms with Gasteiger partial charge in [-0.2, -0.15) is 0 Å². The topological polar surface area (TPSA) is 32.6 Å². The largest absolute Gasteiger partial charge is 0.495 e. The third-order valence-electron chi connectivity index (χ3n) is 4.99. The summed E-state index contributed by atoms with van der Waals surface area (Å²) < 4.78 is 19.5. The maximum Gasteiger partial charge on any atom is 0.151 e. The van der Waals surface area contributed by atoms with Gasteiger partial charge in [-0.3, -0.25) is 0 Å². The van der Waals surface area contributed by atoms with Crippen LogP contribution in [-0.2, 0) is 7.05 Å². The van der Waals surface area contributed by atoms with Crippen molar-refractivity contribution in [2.24, 2.45) is 7.05 Å². The van der Waals surface area contributed by atoms with Crippen LogP contribution in [0.3, 0.4) is 0 Å². The molecule has 0 radical (unpaired) electrons. The molecule has 0 saturated carbocycles. The van der Waals surface area contributed by atoms with Gasteiger partial charge >= 0.3 is 0 Å². The highest BCUT2D eigenvalue weighted by atomic mass is 16.5. The van der Waals surface area contributed by atoms with E-state index in [0.717, 1.165) is 49.8 Å². The van der Waals surface area contributed by atoms with Crippen LogP contribution in [0.4, 0.5) is 0 Å². The monoisotopic (exact) mass is 335 g/mol. The Morgan fingerprint density at radius 3 is 1.96 bits per heavy atom. The molecule has 128 valence electrons. The lowest BCUT2D eigenvalue weighted by Gasteiger charge is -2.13. The number of methoxy groups -OCH3 is 3. The molecular weight excluding hydrogens is 314 g/mol. The summed E-state index contributed by atoms with van der Waals surface area (Å²) in [6, 6.07) is 12.3. The van der Waals surface area contributed by atoms with Crippen molar-refractivity contribution in [3.8, 4) is 17.2 Å². The maximum absolute atomic E-state index is 5.88. The number of fused-ring (bicyclic) bond motifs is 4. The zero-order valence-corrected chi connectivity index (χ0v) is 15.1. The van der Waals surface area contributed by atoms with Crippen LogP contribution >= 0.6 is 0 Å². The molecule has 0 aliphatic carbocycles. The number of hydrogen-bond donors (Lipinski definition) is 0. The number of rotatable bonds is 3. The van der Waals surface area contributed by atoms with Crippen molar-refractivity contribution >= 4 is 32.6 Å². The van der Waals surface area contributed by atoms with Gasteiger partial charge in [0.25, 0.3) is 0 Å². The van der Waals surface area contributed by atoms with Gasteiger partial charge < -0.3 is 18.8 Å². The predicted molar refractivity (Wildman–Crippen MR) is 102 cm³/mol. The van der Waals surface area contributed by atoms with Crippen LogP contribution in [0.1, 0.15) is 5.56 Å². The van der Waals surface area contributed by atoms with Gasteiger partial charge in [0.05, 0.1) is 37.7 Å². The Kier molecular flexibility index (Phi) is 3.49. The van der Waals surface area contributed by atoms with E-state index in [9.17, 15) is 0 Å². The van der Waals surface area contributed by atoms with Gasteiger partial charge in [-0.05, 0) is 18.6 Å². The third-order valence-corrected chi connectivity index (χ3v) is 4.99. The van der Waals surface area contributed by atoms with Crippen LogP contribution in [0.2, 0.25) is 0 Å². The van der Waals surface area contributed by atoms with Crippen molar-refractivity contribution in [3.05, 3.63) is 42.0 Å². The fourth-order valence-electron chi connectivity index (χ4n) is 3.93. The van der Waals surface area contributed by atoms with Crippen LogP contribution in [0.25, 0.3) is 32.6 Å². The summed E-state index contributed by atoms with van der Waals surface area (Å²) in [5.41, 5.74) is 3.24. The summed E-state index contributed by atoms with van der Waals surface area (Å²) in [6.07, 6.45) is 0. The molecular formula is C21H21NO3. The molecule has 4 rings (SSSR count). The van der Waals surface area contributed by atoms with E-state index in [0.29, 0.717) is 0 Å². The molecule has 0 unspecified atom stereocenters. The summed E-state index contributed by atoms with van der Waals surface area (Å²) in [6.45, 7) is 2.11. The van der Waals surface area contributed by atoms with Crippen molar-refractivity contribution in [1.29, 1.82) is 0 Å². The molecule has 0 amide bonds. The Bertz CT molecular complexity index is 1130. The number of ether oxygens (including phenoxy) is 3. The average Bonchev–Trinajstić information content (AvgIpc) is 2.94.